The summed E-state index contributed by atoms with van der Waals surface area (Å²) in [4.78, 5) is 8.83. The maximum absolute atomic E-state index is 5.53. The van der Waals surface area contributed by atoms with Crippen LogP contribution in [0.2, 0.25) is 0 Å². The van der Waals surface area contributed by atoms with E-state index in [1.54, 1.807) is 32.2 Å². The smallest absolute Gasteiger partial charge is 0.171 e. The predicted octanol–water partition coefficient (Wildman–Crippen LogP) is 3.09. The Balaban J connectivity index is 1.79. The van der Waals surface area contributed by atoms with Gasteiger partial charge in [-0.05, 0) is 12.1 Å². The van der Waals surface area contributed by atoms with Crippen molar-refractivity contribution in [2.75, 3.05) is 20.0 Å². The summed E-state index contributed by atoms with van der Waals surface area (Å²) in [5.41, 5.74) is 0.920. The minimum atomic E-state index is 0.698. The molecule has 0 saturated carbocycles. The van der Waals surface area contributed by atoms with Crippen molar-refractivity contribution in [1.82, 2.24) is 19.1 Å². The molecule has 3 aromatic rings. The van der Waals surface area contributed by atoms with Gasteiger partial charge < -0.3 is 18.6 Å². The summed E-state index contributed by atoms with van der Waals surface area (Å²) >= 11 is 1.72. The van der Waals surface area contributed by atoms with E-state index in [2.05, 4.69) is 14.5 Å². The molecule has 3 rings (SSSR count). The molecular weight excluding hydrogens is 324 g/mol. The maximum atomic E-state index is 5.53. The molecule has 0 aliphatic carbocycles. The zero-order valence-corrected chi connectivity index (χ0v) is 14.8. The third-order valence-electron chi connectivity index (χ3n) is 3.70. The molecule has 0 unspecified atom stereocenters. The zero-order chi connectivity index (χ0) is 16.9. The lowest BCUT2D eigenvalue weighted by molar-refractivity contribution is 0.356. The summed E-state index contributed by atoms with van der Waals surface area (Å²) in [5, 5.41) is 1.01. The highest BCUT2D eigenvalue weighted by molar-refractivity contribution is 7.99. The number of para-hydroxylation sites is 1. The van der Waals surface area contributed by atoms with E-state index in [4.69, 9.17) is 9.47 Å². The highest BCUT2D eigenvalue weighted by Crippen LogP contribution is 2.37. The molecule has 0 fully saturated rings. The van der Waals surface area contributed by atoms with Gasteiger partial charge in [-0.1, -0.05) is 17.8 Å². The molecular formula is C17H20N4O2S. The molecule has 2 aromatic heterocycles. The Hall–Kier alpha value is -2.41. The standard InChI is InChI=1S/C17H20N4O2S/c1-20-9-7-19-17(20)24-12-11-21-10-8-18-16(21)13-5-4-6-14(22-2)15(13)23-3/h4-10H,11-12H2,1-3H3. The number of aryl methyl sites for hydroxylation is 2. The normalized spacial score (nSPS) is 10.8. The Morgan fingerprint density at radius 3 is 2.62 bits per heavy atom. The van der Waals surface area contributed by atoms with Crippen LogP contribution in [0.5, 0.6) is 11.5 Å². The van der Waals surface area contributed by atoms with Crippen LogP contribution in [0.4, 0.5) is 0 Å². The van der Waals surface area contributed by atoms with Crippen LogP contribution in [0.3, 0.4) is 0 Å². The first-order valence-electron chi connectivity index (χ1n) is 7.57. The zero-order valence-electron chi connectivity index (χ0n) is 14.0. The average molecular weight is 344 g/mol. The molecule has 0 amide bonds. The second-order valence-electron chi connectivity index (χ2n) is 5.15. The SMILES string of the molecule is COc1cccc(-c2nccn2CCSc2nccn2C)c1OC. The molecule has 0 aliphatic rings. The van der Waals surface area contributed by atoms with E-state index in [1.165, 1.54) is 0 Å². The van der Waals surface area contributed by atoms with Crippen molar-refractivity contribution in [2.45, 2.75) is 11.7 Å². The van der Waals surface area contributed by atoms with Crippen LogP contribution in [0.1, 0.15) is 0 Å². The van der Waals surface area contributed by atoms with Crippen molar-refractivity contribution >= 4 is 11.8 Å². The van der Waals surface area contributed by atoms with Crippen molar-refractivity contribution in [3.05, 3.63) is 43.0 Å². The van der Waals surface area contributed by atoms with Gasteiger partial charge in [0.15, 0.2) is 16.7 Å². The van der Waals surface area contributed by atoms with Crippen LogP contribution >= 0.6 is 11.8 Å². The summed E-state index contributed by atoms with van der Waals surface area (Å²) in [6.07, 6.45) is 7.55. The van der Waals surface area contributed by atoms with Crippen LogP contribution in [0.15, 0.2) is 48.1 Å². The molecule has 6 nitrogen and oxygen atoms in total. The third-order valence-corrected chi connectivity index (χ3v) is 4.74. The first kappa shape index (κ1) is 16.4. The van der Waals surface area contributed by atoms with E-state index in [1.807, 2.05) is 48.4 Å². The van der Waals surface area contributed by atoms with Gasteiger partial charge in [0, 0.05) is 44.1 Å². The van der Waals surface area contributed by atoms with Gasteiger partial charge >= 0.3 is 0 Å². The highest BCUT2D eigenvalue weighted by atomic mass is 32.2. The van der Waals surface area contributed by atoms with Crippen LogP contribution in [-0.2, 0) is 13.6 Å². The van der Waals surface area contributed by atoms with E-state index in [0.29, 0.717) is 11.5 Å². The molecule has 2 heterocycles. The van der Waals surface area contributed by atoms with Gasteiger partial charge in [0.1, 0.15) is 5.82 Å². The summed E-state index contributed by atoms with van der Waals surface area (Å²) in [6.45, 7) is 0.827. The number of aromatic nitrogens is 4. The number of methoxy groups -OCH3 is 2. The van der Waals surface area contributed by atoms with E-state index >= 15 is 0 Å². The largest absolute Gasteiger partial charge is 0.493 e. The molecule has 0 N–H and O–H groups in total. The molecule has 7 heteroatoms. The molecule has 0 saturated heterocycles. The van der Waals surface area contributed by atoms with E-state index in [9.17, 15) is 0 Å². The number of imidazole rings is 2. The lowest BCUT2D eigenvalue weighted by atomic mass is 10.1. The Kier molecular flexibility index (Phi) is 5.10. The number of nitrogens with zero attached hydrogens (tertiary/aromatic N) is 4. The van der Waals surface area contributed by atoms with Gasteiger partial charge in [0.25, 0.3) is 0 Å². The summed E-state index contributed by atoms with van der Waals surface area (Å²) in [6, 6.07) is 5.82. The van der Waals surface area contributed by atoms with Crippen molar-refractivity contribution in [2.24, 2.45) is 7.05 Å². The van der Waals surface area contributed by atoms with Gasteiger partial charge in [-0.3, -0.25) is 0 Å². The second-order valence-corrected chi connectivity index (χ2v) is 6.22. The quantitative estimate of drug-likeness (QED) is 0.617. The van der Waals surface area contributed by atoms with E-state index in [0.717, 1.165) is 28.8 Å². The number of hydrogen-bond donors (Lipinski definition) is 0. The van der Waals surface area contributed by atoms with Gasteiger partial charge in [-0.25, -0.2) is 9.97 Å². The van der Waals surface area contributed by atoms with Crippen molar-refractivity contribution in [3.63, 3.8) is 0 Å². The average Bonchev–Trinajstić information content (AvgIpc) is 3.23. The van der Waals surface area contributed by atoms with Crippen molar-refractivity contribution in [3.8, 4) is 22.9 Å². The maximum Gasteiger partial charge on any atom is 0.171 e. The number of ether oxygens (including phenoxy) is 2. The van der Waals surface area contributed by atoms with E-state index < -0.39 is 0 Å². The van der Waals surface area contributed by atoms with Gasteiger partial charge in [-0.2, -0.15) is 0 Å². The Morgan fingerprint density at radius 2 is 1.92 bits per heavy atom. The Labute approximate surface area is 145 Å². The van der Waals surface area contributed by atoms with Crippen LogP contribution in [-0.4, -0.2) is 39.1 Å². The molecule has 0 radical (unpaired) electrons. The number of hydrogen-bond acceptors (Lipinski definition) is 5. The monoisotopic (exact) mass is 344 g/mol. The highest BCUT2D eigenvalue weighted by Gasteiger charge is 2.15. The minimum Gasteiger partial charge on any atom is -0.493 e. The summed E-state index contributed by atoms with van der Waals surface area (Å²) in [7, 11) is 5.28. The van der Waals surface area contributed by atoms with Crippen LogP contribution < -0.4 is 9.47 Å². The third kappa shape index (κ3) is 3.26. The first-order valence-corrected chi connectivity index (χ1v) is 8.55. The van der Waals surface area contributed by atoms with Crippen LogP contribution in [0.25, 0.3) is 11.4 Å². The van der Waals surface area contributed by atoms with Crippen LogP contribution in [0, 0.1) is 0 Å². The minimum absolute atomic E-state index is 0.698. The Morgan fingerprint density at radius 1 is 1.08 bits per heavy atom. The molecule has 0 spiro atoms. The first-order chi connectivity index (χ1) is 11.7. The molecule has 0 aliphatic heterocycles. The van der Waals surface area contributed by atoms with E-state index in [-0.39, 0.29) is 0 Å². The van der Waals surface area contributed by atoms with Gasteiger partial charge in [-0.15, -0.1) is 0 Å². The predicted molar refractivity (Wildman–Crippen MR) is 94.7 cm³/mol. The number of thioether (sulfide) groups is 1. The lowest BCUT2D eigenvalue weighted by Crippen LogP contribution is -2.04. The molecule has 1 aromatic carbocycles. The summed E-state index contributed by atoms with van der Waals surface area (Å²) in [5.74, 6) is 3.17. The molecule has 0 bridgehead atoms. The Bertz CT molecular complexity index is 813. The second kappa shape index (κ2) is 7.44. The van der Waals surface area contributed by atoms with Crippen molar-refractivity contribution in [1.29, 1.82) is 0 Å². The fraction of sp³-hybridized carbons (Fsp3) is 0.294. The molecule has 24 heavy (non-hydrogen) atoms. The number of benzene rings is 1. The topological polar surface area (TPSA) is 54.1 Å². The lowest BCUT2D eigenvalue weighted by Gasteiger charge is -2.13. The summed E-state index contributed by atoms with van der Waals surface area (Å²) < 4.78 is 15.0. The fourth-order valence-electron chi connectivity index (χ4n) is 2.52. The number of rotatable bonds is 7. The van der Waals surface area contributed by atoms with Crippen molar-refractivity contribution < 1.29 is 9.47 Å². The fourth-order valence-corrected chi connectivity index (χ4v) is 3.39. The molecule has 0 atom stereocenters. The van der Waals surface area contributed by atoms with Gasteiger partial charge in [0.05, 0.1) is 19.8 Å². The van der Waals surface area contributed by atoms with Gasteiger partial charge in [0.2, 0.25) is 0 Å². The molecule has 126 valence electrons.